The number of benzene rings is 1. The van der Waals surface area contributed by atoms with E-state index in [0.717, 1.165) is 30.6 Å². The van der Waals surface area contributed by atoms with E-state index in [4.69, 9.17) is 0 Å². The summed E-state index contributed by atoms with van der Waals surface area (Å²) in [5, 5.41) is 1.69. The third-order valence-corrected chi connectivity index (χ3v) is 6.58. The number of nitrogens with one attached hydrogen (secondary N) is 3. The summed E-state index contributed by atoms with van der Waals surface area (Å²) in [5.74, 6) is -0.419. The molecule has 3 rings (SSSR count). The van der Waals surface area contributed by atoms with Gasteiger partial charge in [0.1, 0.15) is 4.21 Å². The highest BCUT2D eigenvalue weighted by Crippen LogP contribution is 2.22. The van der Waals surface area contributed by atoms with Crippen LogP contribution < -0.4 is 15.6 Å². The molecule has 0 saturated heterocycles. The summed E-state index contributed by atoms with van der Waals surface area (Å²) in [6.45, 7) is 0. The predicted octanol–water partition coefficient (Wildman–Crippen LogP) is 3.41. The van der Waals surface area contributed by atoms with Gasteiger partial charge in [0.15, 0.2) is 0 Å². The normalized spacial score (nSPS) is 15.6. The Hall–Kier alpha value is -2.58. The van der Waals surface area contributed by atoms with E-state index in [2.05, 4.69) is 27.7 Å². The fraction of sp³-hybridized carbons (Fsp3) is 0.167. The van der Waals surface area contributed by atoms with Crippen molar-refractivity contribution in [2.75, 3.05) is 4.72 Å². The summed E-state index contributed by atoms with van der Waals surface area (Å²) in [7, 11) is -3.72. The zero-order chi connectivity index (χ0) is 18.4. The Bertz CT molecular complexity index is 932. The van der Waals surface area contributed by atoms with Gasteiger partial charge >= 0.3 is 0 Å². The molecule has 1 heterocycles. The second kappa shape index (κ2) is 8.20. The highest BCUT2D eigenvalue weighted by atomic mass is 32.2. The summed E-state index contributed by atoms with van der Waals surface area (Å²) in [6, 6.07) is 9.66. The predicted molar refractivity (Wildman–Crippen MR) is 103 cm³/mol. The van der Waals surface area contributed by atoms with Crippen molar-refractivity contribution >= 4 is 33.0 Å². The molecule has 1 aliphatic rings. The Labute approximate surface area is 156 Å². The minimum Gasteiger partial charge on any atom is -0.306 e. The van der Waals surface area contributed by atoms with Gasteiger partial charge in [-0.1, -0.05) is 30.4 Å². The largest absolute Gasteiger partial charge is 0.306 e. The number of carbonyl (C=O) groups is 1. The molecule has 1 aromatic heterocycles. The van der Waals surface area contributed by atoms with Gasteiger partial charge in [0.05, 0.1) is 11.3 Å². The van der Waals surface area contributed by atoms with E-state index >= 15 is 0 Å². The average molecular weight is 390 g/mol. The summed E-state index contributed by atoms with van der Waals surface area (Å²) < 4.78 is 27.5. The number of hydrogen-bond acceptors (Lipinski definition) is 5. The van der Waals surface area contributed by atoms with Gasteiger partial charge in [-0.05, 0) is 48.4 Å². The molecule has 0 saturated carbocycles. The van der Waals surface area contributed by atoms with Gasteiger partial charge in [-0.25, -0.2) is 8.42 Å². The van der Waals surface area contributed by atoms with E-state index in [1.807, 2.05) is 0 Å². The molecule has 26 heavy (non-hydrogen) atoms. The molecule has 136 valence electrons. The molecule has 0 spiro atoms. The van der Waals surface area contributed by atoms with Crippen LogP contribution in [-0.2, 0) is 10.0 Å². The Morgan fingerprint density at radius 1 is 1.12 bits per heavy atom. The van der Waals surface area contributed by atoms with E-state index in [1.54, 1.807) is 41.9 Å². The fourth-order valence-electron chi connectivity index (χ4n) is 2.51. The number of thiophene rings is 1. The van der Waals surface area contributed by atoms with Gasteiger partial charge in [-0.2, -0.15) is 0 Å². The van der Waals surface area contributed by atoms with Gasteiger partial charge in [-0.15, -0.1) is 11.3 Å². The third-order valence-electron chi connectivity index (χ3n) is 3.82. The molecular formula is C18H19N3O3S2. The summed E-state index contributed by atoms with van der Waals surface area (Å²) in [4.78, 5) is 12.4. The second-order valence-electron chi connectivity index (χ2n) is 5.70. The molecule has 1 amide bonds. The molecule has 0 atom stereocenters. The number of para-hydroxylation sites is 1. The molecule has 6 nitrogen and oxygen atoms in total. The lowest BCUT2D eigenvalue weighted by Gasteiger charge is -2.13. The van der Waals surface area contributed by atoms with Crippen molar-refractivity contribution in [3.8, 4) is 0 Å². The van der Waals surface area contributed by atoms with Gasteiger partial charge < -0.3 is 5.43 Å². The molecule has 0 radical (unpaired) electrons. The first-order valence-corrected chi connectivity index (χ1v) is 10.5. The van der Waals surface area contributed by atoms with Crippen molar-refractivity contribution in [3.05, 3.63) is 71.3 Å². The van der Waals surface area contributed by atoms with Crippen LogP contribution in [0, 0.1) is 0 Å². The molecule has 8 heteroatoms. The minimum atomic E-state index is -3.72. The van der Waals surface area contributed by atoms with Crippen molar-refractivity contribution in [2.45, 2.75) is 23.5 Å². The number of sulfonamides is 1. The molecular weight excluding hydrogens is 370 g/mol. The number of allylic oxidation sites excluding steroid dienone is 3. The Balaban J connectivity index is 1.70. The molecule has 0 bridgehead atoms. The van der Waals surface area contributed by atoms with E-state index < -0.39 is 15.9 Å². The first-order valence-electron chi connectivity index (χ1n) is 8.10. The van der Waals surface area contributed by atoms with Crippen LogP contribution in [0.15, 0.2) is 69.9 Å². The maximum absolute atomic E-state index is 12.4. The Kier molecular flexibility index (Phi) is 5.75. The summed E-state index contributed by atoms with van der Waals surface area (Å²) >= 11 is 1.12. The van der Waals surface area contributed by atoms with Crippen LogP contribution in [0.2, 0.25) is 0 Å². The third kappa shape index (κ3) is 4.53. The van der Waals surface area contributed by atoms with Crippen molar-refractivity contribution in [1.82, 2.24) is 10.9 Å². The summed E-state index contributed by atoms with van der Waals surface area (Å²) in [6.07, 6.45) is 8.81. The molecule has 0 aliphatic heterocycles. The molecule has 0 unspecified atom stereocenters. The highest BCUT2D eigenvalue weighted by Gasteiger charge is 2.19. The topological polar surface area (TPSA) is 87.3 Å². The van der Waals surface area contributed by atoms with Crippen LogP contribution in [0.1, 0.15) is 29.6 Å². The average Bonchev–Trinajstić information content (AvgIpc) is 3.18. The van der Waals surface area contributed by atoms with Gasteiger partial charge in [0.2, 0.25) is 0 Å². The monoisotopic (exact) mass is 389 g/mol. The number of amides is 1. The van der Waals surface area contributed by atoms with E-state index in [-0.39, 0.29) is 15.5 Å². The first-order chi connectivity index (χ1) is 12.6. The maximum Gasteiger partial charge on any atom is 0.271 e. The van der Waals surface area contributed by atoms with E-state index in [0.29, 0.717) is 0 Å². The van der Waals surface area contributed by atoms with Crippen LogP contribution in [0.25, 0.3) is 0 Å². The standard InChI is InChI=1S/C18H19N3O3S2/c22-18(20-19-13-14-7-2-1-3-8-14)15-9-4-5-10-16(15)21-26(23,24)17-11-6-12-25-17/h1-2,4-6,9-13,19,21H,3,7-8H2,(H,20,22)/b14-13-. The number of hydrazine groups is 1. The molecule has 3 N–H and O–H groups in total. The van der Waals surface area contributed by atoms with Crippen LogP contribution in [0.4, 0.5) is 5.69 Å². The number of hydrogen-bond donors (Lipinski definition) is 3. The SMILES string of the molecule is O=C(NN/C=C1/CC=CCC1)c1ccccc1NS(=O)(=O)c1cccs1. The van der Waals surface area contributed by atoms with E-state index in [9.17, 15) is 13.2 Å². The second-order valence-corrected chi connectivity index (χ2v) is 8.56. The Morgan fingerprint density at radius 2 is 1.96 bits per heavy atom. The lowest BCUT2D eigenvalue weighted by atomic mass is 10.0. The van der Waals surface area contributed by atoms with Gasteiger partial charge in [0, 0.05) is 6.20 Å². The van der Waals surface area contributed by atoms with Crippen molar-refractivity contribution in [1.29, 1.82) is 0 Å². The van der Waals surface area contributed by atoms with Crippen molar-refractivity contribution in [3.63, 3.8) is 0 Å². The van der Waals surface area contributed by atoms with Gasteiger partial charge in [-0.3, -0.25) is 14.9 Å². The minimum absolute atomic E-state index is 0.195. The zero-order valence-corrected chi connectivity index (χ0v) is 15.6. The number of anilines is 1. The fourth-order valence-corrected chi connectivity index (χ4v) is 4.58. The lowest BCUT2D eigenvalue weighted by molar-refractivity contribution is 0.0941. The van der Waals surface area contributed by atoms with E-state index in [1.165, 1.54) is 11.6 Å². The number of carbonyl (C=O) groups excluding carboxylic acids is 1. The molecule has 1 aromatic carbocycles. The van der Waals surface area contributed by atoms with Crippen LogP contribution in [0.3, 0.4) is 0 Å². The Morgan fingerprint density at radius 3 is 2.69 bits per heavy atom. The molecule has 2 aromatic rings. The first kappa shape index (κ1) is 18.2. The van der Waals surface area contributed by atoms with Crippen molar-refractivity contribution in [2.24, 2.45) is 0 Å². The zero-order valence-electron chi connectivity index (χ0n) is 13.9. The van der Waals surface area contributed by atoms with Crippen LogP contribution >= 0.6 is 11.3 Å². The number of rotatable bonds is 6. The molecule has 0 fully saturated rings. The van der Waals surface area contributed by atoms with Crippen molar-refractivity contribution < 1.29 is 13.2 Å². The van der Waals surface area contributed by atoms with Gasteiger partial charge in [0.25, 0.3) is 15.9 Å². The smallest absolute Gasteiger partial charge is 0.271 e. The lowest BCUT2D eigenvalue weighted by Crippen LogP contribution is -2.34. The van der Waals surface area contributed by atoms with Crippen LogP contribution in [-0.4, -0.2) is 14.3 Å². The summed E-state index contributed by atoms with van der Waals surface area (Å²) in [5.41, 5.74) is 7.05. The maximum atomic E-state index is 12.4. The highest BCUT2D eigenvalue weighted by molar-refractivity contribution is 7.94. The quantitative estimate of drug-likeness (QED) is 0.522. The van der Waals surface area contributed by atoms with Crippen LogP contribution in [0.5, 0.6) is 0 Å². The molecule has 1 aliphatic carbocycles.